The number of benzene rings is 2. The van der Waals surface area contributed by atoms with E-state index in [0.29, 0.717) is 0 Å². The molecule has 3 rings (SSSR count). The molecule has 0 fully saturated rings. The van der Waals surface area contributed by atoms with Crippen molar-refractivity contribution in [2.45, 2.75) is 11.2 Å². The smallest absolute Gasteiger partial charge is 0.177 e. The molecular formula is C13H9BrO. The molecule has 15 heavy (non-hydrogen) atoms. The van der Waals surface area contributed by atoms with Crippen LogP contribution < -0.4 is 0 Å². The van der Waals surface area contributed by atoms with E-state index in [1.165, 1.54) is 5.56 Å². The van der Waals surface area contributed by atoms with Gasteiger partial charge in [0.15, 0.2) is 5.78 Å². The van der Waals surface area contributed by atoms with Crippen molar-refractivity contribution >= 4 is 32.5 Å². The Hall–Kier alpha value is -1.15. The number of halogens is 1. The van der Waals surface area contributed by atoms with Crippen LogP contribution in [0.1, 0.15) is 15.9 Å². The normalized spacial score (nSPS) is 19.5. The van der Waals surface area contributed by atoms with Gasteiger partial charge in [-0.3, -0.25) is 4.79 Å². The van der Waals surface area contributed by atoms with Gasteiger partial charge >= 0.3 is 0 Å². The number of Topliss-reactive ketones (excluding diaryl/α,β-unsaturated/α-hetero) is 1. The Morgan fingerprint density at radius 2 is 1.93 bits per heavy atom. The van der Waals surface area contributed by atoms with Crippen LogP contribution in [-0.4, -0.2) is 10.6 Å². The Balaban J connectivity index is 2.41. The third-order valence-electron chi connectivity index (χ3n) is 2.95. The fourth-order valence-corrected chi connectivity index (χ4v) is 2.80. The maximum Gasteiger partial charge on any atom is 0.177 e. The van der Waals surface area contributed by atoms with Gasteiger partial charge in [0.1, 0.15) is 0 Å². The summed E-state index contributed by atoms with van der Waals surface area (Å²) >= 11 is 3.42. The lowest BCUT2D eigenvalue weighted by Crippen LogP contribution is -2.06. The topological polar surface area (TPSA) is 17.1 Å². The maximum absolute atomic E-state index is 12.0. The molecule has 0 bridgehead atoms. The highest BCUT2D eigenvalue weighted by atomic mass is 79.9. The molecule has 0 aliphatic heterocycles. The van der Waals surface area contributed by atoms with Gasteiger partial charge in [0.2, 0.25) is 0 Å². The summed E-state index contributed by atoms with van der Waals surface area (Å²) in [5, 5.41) is 2.23. The molecule has 1 nitrogen and oxygen atoms in total. The van der Waals surface area contributed by atoms with Crippen molar-refractivity contribution in [3.8, 4) is 0 Å². The zero-order chi connectivity index (χ0) is 10.4. The quantitative estimate of drug-likeness (QED) is 0.665. The number of ketones is 1. The lowest BCUT2D eigenvalue weighted by Gasteiger charge is -2.03. The van der Waals surface area contributed by atoms with Crippen LogP contribution in [0.3, 0.4) is 0 Å². The van der Waals surface area contributed by atoms with Crippen molar-refractivity contribution < 1.29 is 4.79 Å². The summed E-state index contributed by atoms with van der Waals surface area (Å²) in [6.07, 6.45) is 0.818. The molecule has 0 N–H and O–H groups in total. The average molecular weight is 261 g/mol. The third kappa shape index (κ3) is 1.25. The van der Waals surface area contributed by atoms with Gasteiger partial charge < -0.3 is 0 Å². The highest BCUT2D eigenvalue weighted by Crippen LogP contribution is 2.32. The predicted octanol–water partition coefficient (Wildman–Crippen LogP) is 3.34. The zero-order valence-corrected chi connectivity index (χ0v) is 9.62. The molecule has 0 heterocycles. The monoisotopic (exact) mass is 260 g/mol. The van der Waals surface area contributed by atoms with E-state index in [0.717, 1.165) is 22.8 Å². The Bertz CT molecular complexity index is 559. The van der Waals surface area contributed by atoms with E-state index in [1.54, 1.807) is 0 Å². The molecule has 0 amide bonds. The van der Waals surface area contributed by atoms with E-state index in [9.17, 15) is 4.79 Å². The van der Waals surface area contributed by atoms with Gasteiger partial charge in [0, 0.05) is 5.56 Å². The number of hydrogen-bond acceptors (Lipinski definition) is 1. The summed E-state index contributed by atoms with van der Waals surface area (Å²) in [5.74, 6) is 0.224. The van der Waals surface area contributed by atoms with Crippen molar-refractivity contribution in [1.82, 2.24) is 0 Å². The van der Waals surface area contributed by atoms with Crippen molar-refractivity contribution in [3.05, 3.63) is 47.5 Å². The minimum Gasteiger partial charge on any atom is -0.293 e. The molecule has 74 valence electrons. The first-order valence-electron chi connectivity index (χ1n) is 4.96. The number of alkyl halides is 1. The molecule has 0 spiro atoms. The van der Waals surface area contributed by atoms with Gasteiger partial charge in [0.25, 0.3) is 0 Å². The first kappa shape index (κ1) is 9.10. The summed E-state index contributed by atoms with van der Waals surface area (Å²) in [5.41, 5.74) is 2.08. The average Bonchev–Trinajstić information content (AvgIpc) is 2.55. The molecule has 1 atom stereocenters. The van der Waals surface area contributed by atoms with Gasteiger partial charge in [-0.2, -0.15) is 0 Å². The van der Waals surface area contributed by atoms with Crippen LogP contribution in [-0.2, 0) is 6.42 Å². The molecule has 0 saturated heterocycles. The molecule has 2 aromatic carbocycles. The van der Waals surface area contributed by atoms with Crippen molar-refractivity contribution in [2.24, 2.45) is 0 Å². The van der Waals surface area contributed by atoms with Crippen LogP contribution in [0.25, 0.3) is 10.8 Å². The van der Waals surface area contributed by atoms with Crippen molar-refractivity contribution in [2.75, 3.05) is 0 Å². The van der Waals surface area contributed by atoms with Crippen molar-refractivity contribution in [3.63, 3.8) is 0 Å². The van der Waals surface area contributed by atoms with Crippen LogP contribution in [0.2, 0.25) is 0 Å². The maximum atomic E-state index is 12.0. The Morgan fingerprint density at radius 3 is 2.80 bits per heavy atom. The van der Waals surface area contributed by atoms with E-state index in [-0.39, 0.29) is 10.6 Å². The second kappa shape index (κ2) is 3.17. The van der Waals surface area contributed by atoms with E-state index in [1.807, 2.05) is 24.3 Å². The molecule has 1 aliphatic carbocycles. The van der Waals surface area contributed by atoms with Gasteiger partial charge in [-0.05, 0) is 22.8 Å². The van der Waals surface area contributed by atoms with Crippen molar-refractivity contribution in [1.29, 1.82) is 0 Å². The number of hydrogen-bond donors (Lipinski definition) is 0. The second-order valence-electron chi connectivity index (χ2n) is 3.86. The molecule has 2 heteroatoms. The summed E-state index contributed by atoms with van der Waals surface area (Å²) in [6, 6.07) is 12.2. The lowest BCUT2D eigenvalue weighted by molar-refractivity contribution is 0.100. The third-order valence-corrected chi connectivity index (χ3v) is 3.68. The summed E-state index contributed by atoms with van der Waals surface area (Å²) in [4.78, 5) is 11.9. The Labute approximate surface area is 96.2 Å². The van der Waals surface area contributed by atoms with Crippen LogP contribution in [0.15, 0.2) is 36.4 Å². The van der Waals surface area contributed by atoms with Gasteiger partial charge in [0.05, 0.1) is 4.83 Å². The number of carbonyl (C=O) groups excluding carboxylic acids is 1. The minimum absolute atomic E-state index is 0.0293. The standard InChI is InChI=1S/C13H9BrO/c14-11-7-9-6-5-8-3-1-2-4-10(8)12(9)13(11)15/h1-6,11H,7H2. The number of carbonyl (C=O) groups is 1. The lowest BCUT2D eigenvalue weighted by atomic mass is 10.0. The minimum atomic E-state index is -0.0293. The molecule has 1 unspecified atom stereocenters. The first-order chi connectivity index (χ1) is 7.27. The Morgan fingerprint density at radius 1 is 1.13 bits per heavy atom. The fourth-order valence-electron chi connectivity index (χ4n) is 2.22. The SMILES string of the molecule is O=C1c2c(ccc3ccccc23)CC1Br. The molecule has 0 saturated carbocycles. The highest BCUT2D eigenvalue weighted by Gasteiger charge is 2.29. The second-order valence-corrected chi connectivity index (χ2v) is 4.96. The largest absolute Gasteiger partial charge is 0.293 e. The van der Waals surface area contributed by atoms with Gasteiger partial charge in [-0.15, -0.1) is 0 Å². The van der Waals surface area contributed by atoms with Crippen LogP contribution >= 0.6 is 15.9 Å². The molecule has 0 aromatic heterocycles. The summed E-state index contributed by atoms with van der Waals surface area (Å²) in [7, 11) is 0. The van der Waals surface area contributed by atoms with E-state index in [4.69, 9.17) is 0 Å². The molecule has 0 radical (unpaired) electrons. The van der Waals surface area contributed by atoms with Crippen LogP contribution in [0.4, 0.5) is 0 Å². The first-order valence-corrected chi connectivity index (χ1v) is 5.88. The predicted molar refractivity (Wildman–Crippen MR) is 64.7 cm³/mol. The summed E-state index contributed by atoms with van der Waals surface area (Å²) < 4.78 is 0. The molecule has 1 aliphatic rings. The Kier molecular flexibility index (Phi) is 1.93. The van der Waals surface area contributed by atoms with E-state index in [2.05, 4.69) is 28.1 Å². The van der Waals surface area contributed by atoms with Crippen LogP contribution in [0, 0.1) is 0 Å². The zero-order valence-electron chi connectivity index (χ0n) is 8.03. The fraction of sp³-hybridized carbons (Fsp3) is 0.154. The van der Waals surface area contributed by atoms with E-state index >= 15 is 0 Å². The number of rotatable bonds is 0. The summed E-state index contributed by atoms with van der Waals surface area (Å²) in [6.45, 7) is 0. The van der Waals surface area contributed by atoms with Gasteiger partial charge in [-0.1, -0.05) is 52.3 Å². The van der Waals surface area contributed by atoms with Gasteiger partial charge in [-0.25, -0.2) is 0 Å². The van der Waals surface area contributed by atoms with Crippen LogP contribution in [0.5, 0.6) is 0 Å². The number of fused-ring (bicyclic) bond motifs is 3. The molecular weight excluding hydrogens is 252 g/mol. The highest BCUT2D eigenvalue weighted by molar-refractivity contribution is 9.10. The van der Waals surface area contributed by atoms with E-state index < -0.39 is 0 Å². The molecule has 2 aromatic rings.